The van der Waals surface area contributed by atoms with Crippen LogP contribution in [0.5, 0.6) is 0 Å². The molecule has 0 aliphatic carbocycles. The molecule has 15 heavy (non-hydrogen) atoms. The molecule has 1 N–H and O–H groups in total. The standard InChI is InChI=1S/C11H17NO3/c1-2-3-6-10(13)12-7-4-5-9(12)8-11(14)15/h2,9H,1,3-8H2,(H,14,15)/t9-/m0/s1. The number of hydrogen-bond donors (Lipinski definition) is 1. The zero-order valence-corrected chi connectivity index (χ0v) is 8.82. The first kappa shape index (κ1) is 11.8. The van der Waals surface area contributed by atoms with E-state index in [0.29, 0.717) is 19.4 Å². The summed E-state index contributed by atoms with van der Waals surface area (Å²) in [6.07, 6.45) is 4.61. The number of carboxylic acid groups (broad SMARTS) is 1. The van der Waals surface area contributed by atoms with E-state index >= 15 is 0 Å². The highest BCUT2D eigenvalue weighted by Crippen LogP contribution is 2.21. The maximum Gasteiger partial charge on any atom is 0.305 e. The van der Waals surface area contributed by atoms with E-state index < -0.39 is 5.97 Å². The van der Waals surface area contributed by atoms with Crippen LogP contribution >= 0.6 is 0 Å². The van der Waals surface area contributed by atoms with Gasteiger partial charge in [-0.25, -0.2) is 0 Å². The normalized spacial score (nSPS) is 20.3. The molecular weight excluding hydrogens is 194 g/mol. The lowest BCUT2D eigenvalue weighted by Gasteiger charge is -2.23. The summed E-state index contributed by atoms with van der Waals surface area (Å²) in [6.45, 7) is 4.26. The van der Waals surface area contributed by atoms with E-state index in [1.165, 1.54) is 0 Å². The highest BCUT2D eigenvalue weighted by Gasteiger charge is 2.29. The molecule has 1 fully saturated rings. The van der Waals surface area contributed by atoms with Crippen LogP contribution in [0.15, 0.2) is 12.7 Å². The zero-order valence-electron chi connectivity index (χ0n) is 8.82. The molecule has 1 heterocycles. The smallest absolute Gasteiger partial charge is 0.305 e. The first-order valence-corrected chi connectivity index (χ1v) is 5.27. The van der Waals surface area contributed by atoms with Gasteiger partial charge in [0.25, 0.3) is 0 Å². The summed E-state index contributed by atoms with van der Waals surface area (Å²) in [4.78, 5) is 24.0. The van der Waals surface area contributed by atoms with Crippen molar-refractivity contribution in [2.24, 2.45) is 0 Å². The number of likely N-dealkylation sites (tertiary alicyclic amines) is 1. The van der Waals surface area contributed by atoms with Crippen molar-refractivity contribution in [1.29, 1.82) is 0 Å². The molecule has 0 saturated carbocycles. The molecule has 0 bridgehead atoms. The fourth-order valence-corrected chi connectivity index (χ4v) is 1.95. The number of carboxylic acids is 1. The van der Waals surface area contributed by atoms with Crippen molar-refractivity contribution in [2.75, 3.05) is 6.54 Å². The fourth-order valence-electron chi connectivity index (χ4n) is 1.95. The Balaban J connectivity index is 2.47. The molecule has 0 radical (unpaired) electrons. The molecule has 1 atom stereocenters. The van der Waals surface area contributed by atoms with E-state index in [9.17, 15) is 9.59 Å². The Morgan fingerprint density at radius 2 is 2.27 bits per heavy atom. The molecule has 1 rings (SSSR count). The van der Waals surface area contributed by atoms with Crippen molar-refractivity contribution in [3.8, 4) is 0 Å². The molecule has 1 amide bonds. The number of carbonyl (C=O) groups is 2. The van der Waals surface area contributed by atoms with Gasteiger partial charge in [-0.2, -0.15) is 0 Å². The van der Waals surface area contributed by atoms with Gasteiger partial charge in [0.15, 0.2) is 0 Å². The molecule has 0 aromatic carbocycles. The van der Waals surface area contributed by atoms with Gasteiger partial charge < -0.3 is 10.0 Å². The van der Waals surface area contributed by atoms with Gasteiger partial charge >= 0.3 is 5.97 Å². The van der Waals surface area contributed by atoms with Crippen molar-refractivity contribution < 1.29 is 14.7 Å². The van der Waals surface area contributed by atoms with Crippen molar-refractivity contribution in [3.05, 3.63) is 12.7 Å². The number of amides is 1. The van der Waals surface area contributed by atoms with Crippen LogP contribution in [0.2, 0.25) is 0 Å². The van der Waals surface area contributed by atoms with Crippen LogP contribution in [0.1, 0.15) is 32.1 Å². The van der Waals surface area contributed by atoms with Crippen LogP contribution in [0, 0.1) is 0 Å². The van der Waals surface area contributed by atoms with E-state index in [-0.39, 0.29) is 18.4 Å². The minimum absolute atomic E-state index is 0.0543. The third-order valence-corrected chi connectivity index (χ3v) is 2.67. The van der Waals surface area contributed by atoms with Gasteiger partial charge in [-0.3, -0.25) is 9.59 Å². The van der Waals surface area contributed by atoms with Gasteiger partial charge in [0, 0.05) is 19.0 Å². The summed E-state index contributed by atoms with van der Waals surface area (Å²) in [6, 6.07) is -0.0974. The predicted octanol–water partition coefficient (Wildman–Crippen LogP) is 1.42. The maximum absolute atomic E-state index is 11.7. The third kappa shape index (κ3) is 3.38. The molecule has 1 aliphatic rings. The first-order valence-electron chi connectivity index (χ1n) is 5.27. The third-order valence-electron chi connectivity index (χ3n) is 2.67. The molecule has 1 aliphatic heterocycles. The van der Waals surface area contributed by atoms with Crippen LogP contribution < -0.4 is 0 Å². The second-order valence-electron chi connectivity index (χ2n) is 3.81. The summed E-state index contributed by atoms with van der Waals surface area (Å²) in [7, 11) is 0. The summed E-state index contributed by atoms with van der Waals surface area (Å²) in [5.41, 5.74) is 0. The predicted molar refractivity (Wildman–Crippen MR) is 56.4 cm³/mol. The highest BCUT2D eigenvalue weighted by atomic mass is 16.4. The van der Waals surface area contributed by atoms with Crippen LogP contribution in [-0.2, 0) is 9.59 Å². The Morgan fingerprint density at radius 3 is 2.87 bits per heavy atom. The SMILES string of the molecule is C=CCCC(=O)N1CCC[C@H]1CC(=O)O. The zero-order chi connectivity index (χ0) is 11.3. The average molecular weight is 211 g/mol. The Morgan fingerprint density at radius 1 is 1.53 bits per heavy atom. The molecule has 0 unspecified atom stereocenters. The van der Waals surface area contributed by atoms with Crippen LogP contribution in [0.4, 0.5) is 0 Å². The lowest BCUT2D eigenvalue weighted by Crippen LogP contribution is -2.36. The van der Waals surface area contributed by atoms with Gasteiger partial charge in [0.2, 0.25) is 5.91 Å². The van der Waals surface area contributed by atoms with E-state index in [2.05, 4.69) is 6.58 Å². The Kier molecular flexibility index (Phi) is 4.34. The molecule has 84 valence electrons. The molecular formula is C11H17NO3. The van der Waals surface area contributed by atoms with Crippen LogP contribution in [0.25, 0.3) is 0 Å². The number of rotatable bonds is 5. The van der Waals surface area contributed by atoms with Crippen molar-refractivity contribution in [3.63, 3.8) is 0 Å². The monoisotopic (exact) mass is 211 g/mol. The summed E-state index contributed by atoms with van der Waals surface area (Å²) < 4.78 is 0. The second-order valence-corrected chi connectivity index (χ2v) is 3.81. The minimum atomic E-state index is -0.830. The molecule has 4 nitrogen and oxygen atoms in total. The van der Waals surface area contributed by atoms with E-state index in [4.69, 9.17) is 5.11 Å². The summed E-state index contributed by atoms with van der Waals surface area (Å²) >= 11 is 0. The molecule has 1 saturated heterocycles. The average Bonchev–Trinajstić information content (AvgIpc) is 2.61. The van der Waals surface area contributed by atoms with Crippen LogP contribution in [-0.4, -0.2) is 34.5 Å². The van der Waals surface area contributed by atoms with Crippen molar-refractivity contribution in [2.45, 2.75) is 38.1 Å². The van der Waals surface area contributed by atoms with E-state index in [1.54, 1.807) is 11.0 Å². The molecule has 4 heteroatoms. The lowest BCUT2D eigenvalue weighted by molar-refractivity contribution is -0.139. The van der Waals surface area contributed by atoms with E-state index in [0.717, 1.165) is 12.8 Å². The number of allylic oxidation sites excluding steroid dienone is 1. The highest BCUT2D eigenvalue weighted by molar-refractivity contribution is 5.78. The fraction of sp³-hybridized carbons (Fsp3) is 0.636. The summed E-state index contributed by atoms with van der Waals surface area (Å²) in [5.74, 6) is -0.776. The molecule has 0 aromatic heterocycles. The Hall–Kier alpha value is -1.32. The van der Waals surface area contributed by atoms with Crippen LogP contribution in [0.3, 0.4) is 0 Å². The summed E-state index contributed by atoms with van der Waals surface area (Å²) in [5, 5.41) is 8.70. The Bertz CT molecular complexity index is 263. The van der Waals surface area contributed by atoms with Gasteiger partial charge in [-0.05, 0) is 19.3 Å². The first-order chi connectivity index (χ1) is 7.15. The van der Waals surface area contributed by atoms with Gasteiger partial charge in [0.1, 0.15) is 0 Å². The molecule has 0 aromatic rings. The topological polar surface area (TPSA) is 57.6 Å². The van der Waals surface area contributed by atoms with Gasteiger partial charge in [0.05, 0.1) is 6.42 Å². The minimum Gasteiger partial charge on any atom is -0.481 e. The number of carbonyl (C=O) groups excluding carboxylic acids is 1. The number of nitrogens with zero attached hydrogens (tertiary/aromatic N) is 1. The van der Waals surface area contributed by atoms with Gasteiger partial charge in [-0.15, -0.1) is 6.58 Å². The number of aliphatic carboxylic acids is 1. The Labute approximate surface area is 89.6 Å². The maximum atomic E-state index is 11.7. The largest absolute Gasteiger partial charge is 0.481 e. The lowest BCUT2D eigenvalue weighted by atomic mass is 10.1. The number of hydrogen-bond acceptors (Lipinski definition) is 2. The molecule has 0 spiro atoms. The quantitative estimate of drug-likeness (QED) is 0.700. The second kappa shape index (κ2) is 5.53. The van der Waals surface area contributed by atoms with E-state index in [1.807, 2.05) is 0 Å². The van der Waals surface area contributed by atoms with Gasteiger partial charge in [-0.1, -0.05) is 6.08 Å². The van der Waals surface area contributed by atoms with Crippen molar-refractivity contribution >= 4 is 11.9 Å². The van der Waals surface area contributed by atoms with Crippen molar-refractivity contribution in [1.82, 2.24) is 4.90 Å².